The number of hydrogen-bond acceptors (Lipinski definition) is 6. The van der Waals surface area contributed by atoms with Crippen molar-refractivity contribution in [2.45, 2.75) is 64.3 Å². The van der Waals surface area contributed by atoms with Gasteiger partial charge in [0.25, 0.3) is 0 Å². The van der Waals surface area contributed by atoms with E-state index in [0.717, 1.165) is 49.2 Å². The molecule has 3 aromatic rings. The molecule has 1 N–H and O–H groups in total. The number of anilines is 1. The number of rotatable bonds is 9. The topological polar surface area (TPSA) is 95.9 Å². The first-order valence-electron chi connectivity index (χ1n) is 14.7. The molecule has 2 aliphatic rings. The molecule has 0 spiro atoms. The predicted octanol–water partition coefficient (Wildman–Crippen LogP) is 5.15. The van der Waals surface area contributed by atoms with Crippen LogP contribution >= 0.6 is 0 Å². The maximum Gasteiger partial charge on any atom is 0.339 e. The Labute approximate surface area is 242 Å². The molecular weight excluding hydrogens is 516 g/mol. The number of fused-ring (bicyclic) bond motifs is 1. The first kappa shape index (κ1) is 28.6. The lowest BCUT2D eigenvalue weighted by Gasteiger charge is -2.30. The standard InChI is InChI=1S/C33H40N4O4/c1-22(2)24-14-11-23(12-15-24)13-16-28-27(32(39)40)19-34-33(35-28)36-20-26-9-6-7-17-37(29(26)21-36)31(38)18-25-8-4-5-10-30(25)41-3/h4-5,8,10-12,14-15,19,22,26,29H,6-7,9,13,16-18,20-21H2,1-3H3,(H,39,40)/t26-,29-/m1/s1. The van der Waals surface area contributed by atoms with Gasteiger partial charge in [-0.25, -0.2) is 14.8 Å². The molecule has 8 nitrogen and oxygen atoms in total. The first-order valence-corrected chi connectivity index (χ1v) is 14.7. The van der Waals surface area contributed by atoms with Gasteiger partial charge in [-0.3, -0.25) is 4.79 Å². The second-order valence-corrected chi connectivity index (χ2v) is 11.5. The fourth-order valence-electron chi connectivity index (χ4n) is 6.19. The second kappa shape index (κ2) is 12.7. The molecule has 2 aliphatic heterocycles. The van der Waals surface area contributed by atoms with Crippen LogP contribution in [0.25, 0.3) is 0 Å². The van der Waals surface area contributed by atoms with Crippen LogP contribution in [0.3, 0.4) is 0 Å². The molecule has 0 bridgehead atoms. The summed E-state index contributed by atoms with van der Waals surface area (Å²) in [4.78, 5) is 39.0. The zero-order chi connectivity index (χ0) is 28.9. The number of likely N-dealkylation sites (tertiary alicyclic amines) is 1. The Morgan fingerprint density at radius 2 is 1.83 bits per heavy atom. The van der Waals surface area contributed by atoms with Gasteiger partial charge in [0.15, 0.2) is 0 Å². The zero-order valence-electron chi connectivity index (χ0n) is 24.3. The Balaban J connectivity index is 1.32. The number of amides is 1. The van der Waals surface area contributed by atoms with E-state index in [9.17, 15) is 14.7 Å². The normalized spacial score (nSPS) is 18.7. The number of para-hydroxylation sites is 1. The van der Waals surface area contributed by atoms with E-state index in [1.54, 1.807) is 7.11 Å². The van der Waals surface area contributed by atoms with Crippen molar-refractivity contribution in [3.63, 3.8) is 0 Å². The minimum absolute atomic E-state index is 0.0744. The molecule has 0 radical (unpaired) electrons. The predicted molar refractivity (Wildman–Crippen MR) is 159 cm³/mol. The summed E-state index contributed by atoms with van der Waals surface area (Å²) in [5.74, 6) is 1.17. The quantitative estimate of drug-likeness (QED) is 0.389. The summed E-state index contributed by atoms with van der Waals surface area (Å²) in [6.07, 6.45) is 6.09. The van der Waals surface area contributed by atoms with Crippen LogP contribution < -0.4 is 9.64 Å². The first-order chi connectivity index (χ1) is 19.8. The van der Waals surface area contributed by atoms with Gasteiger partial charge >= 0.3 is 5.97 Å². The number of carboxylic acid groups (broad SMARTS) is 1. The van der Waals surface area contributed by atoms with Crippen molar-refractivity contribution in [2.24, 2.45) is 5.92 Å². The van der Waals surface area contributed by atoms with Crippen LogP contribution in [0.1, 0.15) is 71.8 Å². The third-order valence-electron chi connectivity index (χ3n) is 8.55. The van der Waals surface area contributed by atoms with Crippen molar-refractivity contribution in [3.05, 3.63) is 82.7 Å². The van der Waals surface area contributed by atoms with E-state index in [2.05, 4.69) is 52.9 Å². The van der Waals surface area contributed by atoms with Gasteiger partial charge in [-0.2, -0.15) is 0 Å². The summed E-state index contributed by atoms with van der Waals surface area (Å²) < 4.78 is 5.48. The Bertz CT molecular complexity index is 1370. The minimum Gasteiger partial charge on any atom is -0.496 e. The highest BCUT2D eigenvalue weighted by Crippen LogP contribution is 2.33. The summed E-state index contributed by atoms with van der Waals surface area (Å²) in [5, 5.41) is 9.82. The summed E-state index contributed by atoms with van der Waals surface area (Å²) in [6, 6.07) is 16.3. The van der Waals surface area contributed by atoms with Crippen LogP contribution in [0.15, 0.2) is 54.7 Å². The summed E-state index contributed by atoms with van der Waals surface area (Å²) in [5.41, 5.74) is 4.03. The fraction of sp³-hybridized carbons (Fsp3) is 0.455. The number of carbonyl (C=O) groups is 2. The molecule has 216 valence electrons. The molecule has 0 aliphatic carbocycles. The van der Waals surface area contributed by atoms with Crippen molar-refractivity contribution < 1.29 is 19.4 Å². The highest BCUT2D eigenvalue weighted by molar-refractivity contribution is 5.88. The Hall–Kier alpha value is -3.94. The van der Waals surface area contributed by atoms with E-state index < -0.39 is 5.97 Å². The largest absolute Gasteiger partial charge is 0.496 e. The van der Waals surface area contributed by atoms with Gasteiger partial charge in [0.1, 0.15) is 5.75 Å². The van der Waals surface area contributed by atoms with E-state index in [0.29, 0.717) is 49.3 Å². The summed E-state index contributed by atoms with van der Waals surface area (Å²) >= 11 is 0. The van der Waals surface area contributed by atoms with Gasteiger partial charge in [-0.1, -0.05) is 62.7 Å². The molecule has 5 rings (SSSR count). The number of nitrogens with zero attached hydrogens (tertiary/aromatic N) is 4. The maximum absolute atomic E-state index is 13.6. The van der Waals surface area contributed by atoms with Gasteiger partial charge < -0.3 is 19.6 Å². The van der Waals surface area contributed by atoms with Gasteiger partial charge in [-0.15, -0.1) is 0 Å². The van der Waals surface area contributed by atoms with Gasteiger partial charge in [0, 0.05) is 31.4 Å². The number of benzene rings is 2. The molecule has 2 fully saturated rings. The molecule has 2 atom stereocenters. The Morgan fingerprint density at radius 1 is 1.05 bits per heavy atom. The molecule has 2 aromatic carbocycles. The molecule has 3 heterocycles. The lowest BCUT2D eigenvalue weighted by atomic mass is 9.98. The molecule has 1 aromatic heterocycles. The summed E-state index contributed by atoms with van der Waals surface area (Å²) in [6.45, 7) is 6.48. The molecule has 8 heteroatoms. The van der Waals surface area contributed by atoms with Crippen molar-refractivity contribution in [1.29, 1.82) is 0 Å². The average molecular weight is 557 g/mol. The van der Waals surface area contributed by atoms with Gasteiger partial charge in [0.2, 0.25) is 11.9 Å². The van der Waals surface area contributed by atoms with E-state index in [-0.39, 0.29) is 17.5 Å². The number of ether oxygens (including phenoxy) is 1. The molecular formula is C33H40N4O4. The lowest BCUT2D eigenvalue weighted by molar-refractivity contribution is -0.132. The third-order valence-corrected chi connectivity index (χ3v) is 8.55. The van der Waals surface area contributed by atoms with Crippen LogP contribution in [0.2, 0.25) is 0 Å². The molecule has 41 heavy (non-hydrogen) atoms. The maximum atomic E-state index is 13.6. The van der Waals surface area contributed by atoms with Crippen molar-refractivity contribution in [1.82, 2.24) is 14.9 Å². The molecule has 1 amide bonds. The van der Waals surface area contributed by atoms with E-state index >= 15 is 0 Å². The van der Waals surface area contributed by atoms with E-state index in [1.807, 2.05) is 24.3 Å². The van der Waals surface area contributed by atoms with Crippen LogP contribution in [-0.2, 0) is 24.1 Å². The fourth-order valence-corrected chi connectivity index (χ4v) is 6.19. The number of hydrogen-bond donors (Lipinski definition) is 1. The van der Waals surface area contributed by atoms with E-state index in [1.165, 1.54) is 11.8 Å². The third kappa shape index (κ3) is 6.53. The summed E-state index contributed by atoms with van der Waals surface area (Å²) in [7, 11) is 1.63. The Kier molecular flexibility index (Phi) is 8.86. The molecule has 2 saturated heterocycles. The van der Waals surface area contributed by atoms with Crippen LogP contribution in [0.4, 0.5) is 5.95 Å². The lowest BCUT2D eigenvalue weighted by Crippen LogP contribution is -2.45. The van der Waals surface area contributed by atoms with Crippen LogP contribution in [0, 0.1) is 5.92 Å². The minimum atomic E-state index is -1.01. The van der Waals surface area contributed by atoms with Crippen molar-refractivity contribution in [2.75, 3.05) is 31.6 Å². The highest BCUT2D eigenvalue weighted by atomic mass is 16.5. The zero-order valence-corrected chi connectivity index (χ0v) is 24.3. The highest BCUT2D eigenvalue weighted by Gasteiger charge is 2.40. The monoisotopic (exact) mass is 556 g/mol. The van der Waals surface area contributed by atoms with Crippen molar-refractivity contribution in [3.8, 4) is 5.75 Å². The number of aromatic nitrogens is 2. The van der Waals surface area contributed by atoms with Crippen LogP contribution in [-0.4, -0.2) is 64.6 Å². The Morgan fingerprint density at radius 3 is 2.56 bits per heavy atom. The number of methoxy groups -OCH3 is 1. The number of carboxylic acids is 1. The average Bonchev–Trinajstić information content (AvgIpc) is 3.29. The van der Waals surface area contributed by atoms with Crippen molar-refractivity contribution >= 4 is 17.8 Å². The number of aryl methyl sites for hydroxylation is 2. The smallest absolute Gasteiger partial charge is 0.339 e. The van der Waals surface area contributed by atoms with Gasteiger partial charge in [0.05, 0.1) is 30.8 Å². The van der Waals surface area contributed by atoms with Gasteiger partial charge in [-0.05, 0) is 54.7 Å². The number of carbonyl (C=O) groups excluding carboxylic acids is 1. The second-order valence-electron chi connectivity index (χ2n) is 11.5. The molecule has 0 unspecified atom stereocenters. The number of aromatic carboxylic acids is 1. The van der Waals surface area contributed by atoms with E-state index in [4.69, 9.17) is 9.72 Å². The molecule has 0 saturated carbocycles. The van der Waals surface area contributed by atoms with Crippen LogP contribution in [0.5, 0.6) is 5.75 Å². The SMILES string of the molecule is COc1ccccc1CC(=O)N1CCCC[C@@H]2CN(c3ncc(C(=O)O)c(CCc4ccc(C(C)C)cc4)n3)C[C@H]21.